The van der Waals surface area contributed by atoms with Crippen molar-refractivity contribution < 1.29 is 4.42 Å². The Morgan fingerprint density at radius 1 is 0.323 bits per heavy atom. The first kappa shape index (κ1) is 34.9. The SMILES string of the molecule is c1ccc(C2(c3ccccc3)c3ccccc3-c3ccc(N(c4ccc5c(c4)oc4ccccc45)c4ccc5c(c4)n4c6ccccc6c6ccc7c8ccccc8n5c7c64)cc32)cc1. The van der Waals surface area contributed by atoms with Crippen LogP contribution in [0.1, 0.15) is 22.3 Å². The van der Waals surface area contributed by atoms with Gasteiger partial charge in [-0.25, -0.2) is 0 Å². The Morgan fingerprint density at radius 2 is 0.831 bits per heavy atom. The van der Waals surface area contributed by atoms with Crippen molar-refractivity contribution in [2.75, 3.05) is 4.90 Å². The van der Waals surface area contributed by atoms with Gasteiger partial charge in [0.1, 0.15) is 11.2 Å². The fraction of sp³-hybridized carbons (Fsp3) is 0.0164. The van der Waals surface area contributed by atoms with E-state index < -0.39 is 5.41 Å². The monoisotopic (exact) mass is 827 g/mol. The van der Waals surface area contributed by atoms with Gasteiger partial charge in [0.15, 0.2) is 0 Å². The number of benzene rings is 10. The molecular weight excluding hydrogens is 791 g/mol. The number of nitrogens with zero attached hydrogens (tertiary/aromatic N) is 3. The molecule has 0 saturated heterocycles. The van der Waals surface area contributed by atoms with E-state index >= 15 is 0 Å². The van der Waals surface area contributed by atoms with E-state index in [1.54, 1.807) is 0 Å². The van der Waals surface area contributed by atoms with Crippen LogP contribution in [-0.4, -0.2) is 8.80 Å². The zero-order chi connectivity index (χ0) is 42.4. The quantitative estimate of drug-likeness (QED) is 0.162. The van der Waals surface area contributed by atoms with Crippen molar-refractivity contribution in [2.45, 2.75) is 5.41 Å². The number of para-hydroxylation sites is 3. The lowest BCUT2D eigenvalue weighted by molar-refractivity contribution is 0.669. The van der Waals surface area contributed by atoms with E-state index in [0.717, 1.165) is 50.0 Å². The van der Waals surface area contributed by atoms with Crippen molar-refractivity contribution in [3.63, 3.8) is 0 Å². The molecule has 0 atom stereocenters. The third-order valence-electron chi connectivity index (χ3n) is 14.5. The minimum absolute atomic E-state index is 0.547. The first-order chi connectivity index (χ1) is 32.3. The third-order valence-corrected chi connectivity index (χ3v) is 14.5. The molecule has 1 aliphatic carbocycles. The highest BCUT2D eigenvalue weighted by atomic mass is 16.3. The van der Waals surface area contributed by atoms with Crippen LogP contribution >= 0.6 is 0 Å². The molecule has 0 unspecified atom stereocenters. The molecule has 4 heteroatoms. The van der Waals surface area contributed by atoms with Gasteiger partial charge < -0.3 is 18.1 Å². The number of furan rings is 1. The Kier molecular flexibility index (Phi) is 6.85. The molecule has 0 amide bonds. The van der Waals surface area contributed by atoms with Gasteiger partial charge in [0.25, 0.3) is 0 Å². The Morgan fingerprint density at radius 3 is 1.55 bits per heavy atom. The van der Waals surface area contributed by atoms with Gasteiger partial charge in [0, 0.05) is 55.4 Å². The predicted octanol–water partition coefficient (Wildman–Crippen LogP) is 16.0. The summed E-state index contributed by atoms with van der Waals surface area (Å²) in [7, 11) is 0. The van der Waals surface area contributed by atoms with Crippen molar-refractivity contribution in [1.82, 2.24) is 8.80 Å². The van der Waals surface area contributed by atoms with Crippen molar-refractivity contribution in [2.24, 2.45) is 0 Å². The molecule has 0 N–H and O–H groups in total. The molecule has 302 valence electrons. The van der Waals surface area contributed by atoms with Crippen molar-refractivity contribution >= 4 is 93.6 Å². The standard InChI is InChI=1S/C61H37N3O/c1-3-15-38(16-4-1)61(39-17-5-2-6-18-39)51-23-11-7-19-43(51)44-30-27-40(35-52(44)61)62(42-28-31-48-47-22-10-14-26-57(47)65-58(48)37-42)41-29-34-55-56(36-41)64-54-25-13-9-21-46(54)50-33-32-49-45-20-8-12-24-53(45)63(55)59(49)60(50)64/h1-37H. The smallest absolute Gasteiger partial charge is 0.137 e. The highest BCUT2D eigenvalue weighted by Gasteiger charge is 2.46. The molecule has 14 aromatic rings. The number of hydrogen-bond donors (Lipinski definition) is 0. The zero-order valence-electron chi connectivity index (χ0n) is 35.1. The Bertz CT molecular complexity index is 4210. The van der Waals surface area contributed by atoms with Gasteiger partial charge in [-0.15, -0.1) is 0 Å². The predicted molar refractivity (Wildman–Crippen MR) is 269 cm³/mol. The highest BCUT2D eigenvalue weighted by molar-refractivity contribution is 6.25. The van der Waals surface area contributed by atoms with Crippen LogP contribution in [0, 0.1) is 0 Å². The Balaban J connectivity index is 1.06. The summed E-state index contributed by atoms with van der Waals surface area (Å²) >= 11 is 0. The summed E-state index contributed by atoms with van der Waals surface area (Å²) in [5.41, 5.74) is 19.1. The molecule has 0 aliphatic heterocycles. The number of anilines is 3. The lowest BCUT2D eigenvalue weighted by atomic mass is 9.67. The molecule has 10 aromatic carbocycles. The van der Waals surface area contributed by atoms with Gasteiger partial charge in [0.05, 0.1) is 38.5 Å². The molecule has 0 spiro atoms. The van der Waals surface area contributed by atoms with Crippen LogP contribution in [0.2, 0.25) is 0 Å². The van der Waals surface area contributed by atoms with Gasteiger partial charge >= 0.3 is 0 Å². The van der Waals surface area contributed by atoms with E-state index in [2.05, 4.69) is 232 Å². The molecule has 1 aliphatic rings. The van der Waals surface area contributed by atoms with E-state index in [4.69, 9.17) is 4.42 Å². The Labute approximate surface area is 373 Å². The number of hydrogen-bond acceptors (Lipinski definition) is 2. The third kappa shape index (κ3) is 4.50. The van der Waals surface area contributed by atoms with Crippen LogP contribution < -0.4 is 4.90 Å². The molecule has 0 bridgehead atoms. The molecule has 0 saturated carbocycles. The van der Waals surface area contributed by atoms with Crippen LogP contribution in [-0.2, 0) is 5.41 Å². The molecule has 0 fully saturated rings. The van der Waals surface area contributed by atoms with Crippen molar-refractivity contribution in [3.8, 4) is 11.1 Å². The lowest BCUT2D eigenvalue weighted by Gasteiger charge is -2.35. The number of aromatic nitrogens is 2. The lowest BCUT2D eigenvalue weighted by Crippen LogP contribution is -2.28. The average molecular weight is 828 g/mol. The first-order valence-electron chi connectivity index (χ1n) is 22.4. The summed E-state index contributed by atoms with van der Waals surface area (Å²) in [4.78, 5) is 2.43. The summed E-state index contributed by atoms with van der Waals surface area (Å²) in [5, 5.41) is 7.27. The molecular formula is C61H37N3O. The van der Waals surface area contributed by atoms with Crippen LogP contribution in [0.3, 0.4) is 0 Å². The van der Waals surface area contributed by atoms with Crippen molar-refractivity contribution in [1.29, 1.82) is 0 Å². The van der Waals surface area contributed by atoms with Crippen molar-refractivity contribution in [3.05, 3.63) is 247 Å². The largest absolute Gasteiger partial charge is 0.456 e. The summed E-state index contributed by atoms with van der Waals surface area (Å²) < 4.78 is 11.6. The van der Waals surface area contributed by atoms with Gasteiger partial charge in [0.2, 0.25) is 0 Å². The summed E-state index contributed by atoms with van der Waals surface area (Å²) in [6.45, 7) is 0. The Hall–Kier alpha value is -8.60. The van der Waals surface area contributed by atoms with Gasteiger partial charge in [-0.1, -0.05) is 158 Å². The van der Waals surface area contributed by atoms with E-state index in [0.29, 0.717) is 0 Å². The minimum Gasteiger partial charge on any atom is -0.456 e. The van der Waals surface area contributed by atoms with Gasteiger partial charge in [-0.05, 0) is 94.0 Å². The molecule has 4 heterocycles. The highest BCUT2D eigenvalue weighted by Crippen LogP contribution is 2.57. The minimum atomic E-state index is -0.547. The fourth-order valence-electron chi connectivity index (χ4n) is 11.9. The number of rotatable bonds is 5. The first-order valence-corrected chi connectivity index (χ1v) is 22.4. The molecule has 4 nitrogen and oxygen atoms in total. The maximum absolute atomic E-state index is 6.62. The zero-order valence-corrected chi connectivity index (χ0v) is 35.1. The van der Waals surface area contributed by atoms with Crippen LogP contribution in [0.25, 0.3) is 87.7 Å². The fourth-order valence-corrected chi connectivity index (χ4v) is 11.9. The average Bonchev–Trinajstić information content (AvgIpc) is 4.10. The van der Waals surface area contributed by atoms with Crippen LogP contribution in [0.4, 0.5) is 17.1 Å². The second-order valence-electron chi connectivity index (χ2n) is 17.6. The van der Waals surface area contributed by atoms with Crippen LogP contribution in [0.5, 0.6) is 0 Å². The summed E-state index contributed by atoms with van der Waals surface area (Å²) in [5.74, 6) is 0. The molecule has 4 aromatic heterocycles. The maximum Gasteiger partial charge on any atom is 0.137 e. The second-order valence-corrected chi connectivity index (χ2v) is 17.6. The maximum atomic E-state index is 6.62. The van der Waals surface area contributed by atoms with Gasteiger partial charge in [-0.3, -0.25) is 0 Å². The van der Waals surface area contributed by atoms with Crippen LogP contribution in [0.15, 0.2) is 229 Å². The topological polar surface area (TPSA) is 25.2 Å². The van der Waals surface area contributed by atoms with Gasteiger partial charge in [-0.2, -0.15) is 0 Å². The molecule has 65 heavy (non-hydrogen) atoms. The summed E-state index contributed by atoms with van der Waals surface area (Å²) in [6, 6.07) is 82.7. The number of fused-ring (bicyclic) bond motifs is 15. The molecule has 15 rings (SSSR count). The normalized spacial score (nSPS) is 13.4. The molecule has 0 radical (unpaired) electrons. The van der Waals surface area contributed by atoms with E-state index in [1.165, 1.54) is 77.0 Å². The second kappa shape index (κ2) is 12.7. The van der Waals surface area contributed by atoms with E-state index in [9.17, 15) is 0 Å². The van der Waals surface area contributed by atoms with E-state index in [1.807, 2.05) is 6.07 Å². The van der Waals surface area contributed by atoms with E-state index in [-0.39, 0.29) is 0 Å². The summed E-state index contributed by atoms with van der Waals surface area (Å²) in [6.07, 6.45) is 0.